The van der Waals surface area contributed by atoms with Crippen molar-refractivity contribution in [1.29, 1.82) is 0 Å². The molecule has 0 aromatic heterocycles. The predicted octanol–water partition coefficient (Wildman–Crippen LogP) is -4.37. The number of nitrogens with one attached hydrogen (secondary N) is 3. The molecular formula is C32H67N7O10. The molecule has 5 aliphatic rings. The Labute approximate surface area is 290 Å². The minimum absolute atomic E-state index is 0.0298. The van der Waals surface area contributed by atoms with Gasteiger partial charge >= 0.3 is 0 Å². The second-order valence-corrected chi connectivity index (χ2v) is 14.1. The van der Waals surface area contributed by atoms with Gasteiger partial charge in [0.25, 0.3) is 0 Å². The fraction of sp³-hybridized carbons (Fsp3) is 1.00. The maximum Gasteiger partial charge on any atom is 0.172 e. The lowest BCUT2D eigenvalue weighted by Gasteiger charge is -2.38. The zero-order valence-electron chi connectivity index (χ0n) is 29.0. The summed E-state index contributed by atoms with van der Waals surface area (Å²) in [7, 11) is 0. The van der Waals surface area contributed by atoms with Gasteiger partial charge in [-0.1, -0.05) is 0 Å². The van der Waals surface area contributed by atoms with Gasteiger partial charge in [-0.05, 0) is 70.9 Å². The van der Waals surface area contributed by atoms with Crippen molar-refractivity contribution in [2.75, 3.05) is 59.0 Å². The number of nitrogens with two attached hydrogens (primary N) is 4. The molecule has 4 heterocycles. The van der Waals surface area contributed by atoms with Crippen LogP contribution in [0.5, 0.6) is 0 Å². The van der Waals surface area contributed by atoms with Crippen LogP contribution in [0.2, 0.25) is 0 Å². The van der Waals surface area contributed by atoms with E-state index in [0.29, 0.717) is 19.2 Å². The van der Waals surface area contributed by atoms with Crippen LogP contribution in [0.3, 0.4) is 0 Å². The number of rotatable bonds is 12. The first kappa shape index (κ1) is 42.7. The summed E-state index contributed by atoms with van der Waals surface area (Å²) in [6, 6.07) is -0.663. The summed E-state index contributed by atoms with van der Waals surface area (Å²) in [5.74, 6) is 0. The summed E-state index contributed by atoms with van der Waals surface area (Å²) in [6.07, 6.45) is 4.78. The van der Waals surface area contributed by atoms with Crippen LogP contribution in [-0.4, -0.2) is 169 Å². The van der Waals surface area contributed by atoms with Gasteiger partial charge in [-0.2, -0.15) is 0 Å². The molecule has 5 fully saturated rings. The van der Waals surface area contributed by atoms with Crippen molar-refractivity contribution in [2.45, 2.75) is 143 Å². The van der Waals surface area contributed by atoms with Gasteiger partial charge in [0.15, 0.2) is 12.6 Å². The summed E-state index contributed by atoms with van der Waals surface area (Å²) in [5, 5.41) is 66.4. The third-order valence-electron chi connectivity index (χ3n) is 9.87. The number of aliphatic hydroxyl groups is 6. The molecule has 290 valence electrons. The van der Waals surface area contributed by atoms with E-state index in [-0.39, 0.29) is 50.3 Å². The Hall–Kier alpha value is -0.680. The third kappa shape index (κ3) is 15.1. The SMILES string of the molecule is NCC(O)CNC1CC(N)CC(OC2CCC(CO)O2)C1.NC[C@@H]1O[C@H](O)[C@H](N)C(O)[C@@H]1O.OC1(CNCC2CCCCO2)CCNCC1. The first-order valence-electron chi connectivity index (χ1n) is 18.2. The Morgan fingerprint density at radius 3 is 2.33 bits per heavy atom. The minimum Gasteiger partial charge on any atom is -0.394 e. The average Bonchev–Trinajstić information content (AvgIpc) is 3.56. The molecule has 5 rings (SSSR count). The van der Waals surface area contributed by atoms with Gasteiger partial charge in [0, 0.05) is 57.8 Å². The smallest absolute Gasteiger partial charge is 0.172 e. The summed E-state index contributed by atoms with van der Waals surface area (Å²) in [4.78, 5) is 0. The van der Waals surface area contributed by atoms with Crippen LogP contribution in [0.25, 0.3) is 0 Å². The van der Waals surface area contributed by atoms with Gasteiger partial charge in [0.2, 0.25) is 0 Å². The maximum absolute atomic E-state index is 10.3. The van der Waals surface area contributed by atoms with Crippen LogP contribution < -0.4 is 38.9 Å². The molecule has 0 aromatic carbocycles. The van der Waals surface area contributed by atoms with E-state index in [1.807, 2.05) is 0 Å². The van der Waals surface area contributed by atoms with Crippen LogP contribution in [0, 0.1) is 0 Å². The van der Waals surface area contributed by atoms with E-state index in [0.717, 1.165) is 77.6 Å². The van der Waals surface area contributed by atoms with Gasteiger partial charge in [-0.15, -0.1) is 0 Å². The number of piperidine rings is 1. The quantitative estimate of drug-likeness (QED) is 0.0910. The van der Waals surface area contributed by atoms with Crippen molar-refractivity contribution in [2.24, 2.45) is 22.9 Å². The van der Waals surface area contributed by atoms with Gasteiger partial charge in [0.1, 0.15) is 18.3 Å². The second kappa shape index (κ2) is 22.4. The van der Waals surface area contributed by atoms with Crippen LogP contribution >= 0.6 is 0 Å². The lowest BCUT2D eigenvalue weighted by atomic mass is 9.89. The summed E-state index contributed by atoms with van der Waals surface area (Å²) < 4.78 is 22.1. The van der Waals surface area contributed by atoms with Crippen molar-refractivity contribution in [3.05, 3.63) is 0 Å². The molecule has 17 heteroatoms. The number of aliphatic hydroxyl groups excluding tert-OH is 5. The molecule has 0 spiro atoms. The Bertz CT molecular complexity index is 871. The van der Waals surface area contributed by atoms with E-state index < -0.39 is 42.3 Å². The van der Waals surface area contributed by atoms with Crippen molar-refractivity contribution in [3.63, 3.8) is 0 Å². The highest BCUT2D eigenvalue weighted by molar-refractivity contribution is 4.91. The zero-order chi connectivity index (χ0) is 35.8. The van der Waals surface area contributed by atoms with E-state index in [1.54, 1.807) is 0 Å². The molecule has 17 nitrogen and oxygen atoms in total. The number of hydrogen-bond donors (Lipinski definition) is 13. The molecule has 12 atom stereocenters. The van der Waals surface area contributed by atoms with Crippen LogP contribution in [0.15, 0.2) is 0 Å². The first-order valence-corrected chi connectivity index (χ1v) is 18.2. The monoisotopic (exact) mass is 709 g/mol. The molecule has 4 aliphatic heterocycles. The number of ether oxygens (including phenoxy) is 4. The highest BCUT2D eigenvalue weighted by Crippen LogP contribution is 2.27. The van der Waals surface area contributed by atoms with Gasteiger partial charge in [-0.3, -0.25) is 0 Å². The van der Waals surface area contributed by atoms with Crippen LogP contribution in [0.4, 0.5) is 0 Å². The average molecular weight is 710 g/mol. The molecule has 0 aromatic rings. The van der Waals surface area contributed by atoms with Crippen molar-refractivity contribution in [3.8, 4) is 0 Å². The van der Waals surface area contributed by atoms with Crippen LogP contribution in [0.1, 0.15) is 64.2 Å². The van der Waals surface area contributed by atoms with E-state index >= 15 is 0 Å². The lowest BCUT2D eigenvalue weighted by molar-refractivity contribution is -0.238. The molecule has 0 radical (unpaired) electrons. The largest absolute Gasteiger partial charge is 0.394 e. The molecule has 1 aliphatic carbocycles. The Morgan fingerprint density at radius 2 is 1.69 bits per heavy atom. The maximum atomic E-state index is 10.3. The number of hydrogen-bond acceptors (Lipinski definition) is 17. The molecular weight excluding hydrogens is 642 g/mol. The Morgan fingerprint density at radius 1 is 0.939 bits per heavy atom. The van der Waals surface area contributed by atoms with Gasteiger partial charge in [-0.25, -0.2) is 0 Å². The first-order chi connectivity index (χ1) is 23.5. The Kier molecular flexibility index (Phi) is 19.5. The van der Waals surface area contributed by atoms with E-state index in [1.165, 1.54) is 12.8 Å². The van der Waals surface area contributed by atoms with Crippen molar-refractivity contribution >= 4 is 0 Å². The predicted molar refractivity (Wildman–Crippen MR) is 182 cm³/mol. The van der Waals surface area contributed by atoms with Gasteiger partial charge in [0.05, 0.1) is 42.7 Å². The van der Waals surface area contributed by atoms with E-state index in [2.05, 4.69) is 16.0 Å². The molecule has 8 unspecified atom stereocenters. The second-order valence-electron chi connectivity index (χ2n) is 14.1. The van der Waals surface area contributed by atoms with Crippen LogP contribution in [-0.2, 0) is 18.9 Å². The molecule has 17 N–H and O–H groups in total. The standard InChI is InChI=1S/C14H29N3O4.C12H24N2O2.C6H14N2O4/c15-6-11(19)7-17-10-3-9(16)4-13(5-10)21-14-2-1-12(8-18)20-14;15-12(4-6-13-7-5-12)10-14-9-11-3-1-2-8-16-11;7-1-2-4(9)5(10)3(8)6(11)12-2/h9-14,17-19H,1-8,15-16H2;11,13-15H,1-10H2;2-6,9-11H,1,7-8H2/t;;2-,3+,4+,5?,6-/m..0/s1. The molecule has 4 saturated heterocycles. The van der Waals surface area contributed by atoms with Crippen molar-refractivity contribution < 1.29 is 49.6 Å². The fourth-order valence-electron chi connectivity index (χ4n) is 6.76. The topological polar surface area (TPSA) is 298 Å². The fourth-order valence-corrected chi connectivity index (χ4v) is 6.76. The summed E-state index contributed by atoms with van der Waals surface area (Å²) in [5.41, 5.74) is 21.5. The zero-order valence-corrected chi connectivity index (χ0v) is 29.0. The van der Waals surface area contributed by atoms with Gasteiger partial charge < -0.3 is 88.5 Å². The highest BCUT2D eigenvalue weighted by atomic mass is 16.7. The molecule has 49 heavy (non-hydrogen) atoms. The van der Waals surface area contributed by atoms with E-state index in [9.17, 15) is 20.4 Å². The molecule has 0 amide bonds. The van der Waals surface area contributed by atoms with Crippen molar-refractivity contribution in [1.82, 2.24) is 16.0 Å². The Balaban J connectivity index is 0.000000207. The lowest BCUT2D eigenvalue weighted by Crippen LogP contribution is -2.62. The molecule has 0 bridgehead atoms. The summed E-state index contributed by atoms with van der Waals surface area (Å²) in [6.45, 7) is 5.16. The normalized spacial score (nSPS) is 38.4. The minimum atomic E-state index is -1.27. The highest BCUT2D eigenvalue weighted by Gasteiger charge is 2.41. The third-order valence-corrected chi connectivity index (χ3v) is 9.87. The molecule has 1 saturated carbocycles. The summed E-state index contributed by atoms with van der Waals surface area (Å²) >= 11 is 0. The van der Waals surface area contributed by atoms with E-state index in [4.69, 9.17) is 52.1 Å².